The lowest BCUT2D eigenvalue weighted by Crippen LogP contribution is -2.35. The highest BCUT2D eigenvalue weighted by Gasteiger charge is 2.27. The molecule has 0 amide bonds. The number of rotatable bonds is 2. The summed E-state index contributed by atoms with van der Waals surface area (Å²) in [4.78, 5) is 16.1. The van der Waals surface area contributed by atoms with E-state index in [1.807, 2.05) is 30.3 Å². The molecule has 0 spiro atoms. The van der Waals surface area contributed by atoms with E-state index in [9.17, 15) is 4.79 Å². The summed E-state index contributed by atoms with van der Waals surface area (Å²) < 4.78 is 5.66. The van der Waals surface area contributed by atoms with Crippen molar-refractivity contribution in [3.8, 4) is 5.88 Å². The van der Waals surface area contributed by atoms with Crippen LogP contribution in [-0.2, 0) is 17.6 Å². The summed E-state index contributed by atoms with van der Waals surface area (Å²) in [5, 5.41) is 0. The molecule has 1 aliphatic carbocycles. The predicted octanol–water partition coefficient (Wildman–Crippen LogP) is 2.20. The lowest BCUT2D eigenvalue weighted by Gasteiger charge is -2.23. The zero-order valence-electron chi connectivity index (χ0n) is 9.87. The fourth-order valence-electron chi connectivity index (χ4n) is 2.21. The summed E-state index contributed by atoms with van der Waals surface area (Å²) in [6.07, 6.45) is 2.34. The molecule has 0 aliphatic heterocycles. The number of benzene rings is 1. The molecule has 0 N–H and O–H groups in total. The van der Waals surface area contributed by atoms with E-state index in [0.717, 1.165) is 5.56 Å². The second-order valence-electron chi connectivity index (χ2n) is 4.39. The van der Waals surface area contributed by atoms with Gasteiger partial charge in [-0.2, -0.15) is 0 Å². The van der Waals surface area contributed by atoms with Crippen LogP contribution < -0.4 is 4.74 Å². The molecule has 3 nitrogen and oxygen atoms in total. The van der Waals surface area contributed by atoms with Gasteiger partial charge >= 0.3 is 0 Å². The number of ether oxygens (including phenoxy) is 1. The largest absolute Gasteiger partial charge is 0.466 e. The highest BCUT2D eigenvalue weighted by Crippen LogP contribution is 2.21. The summed E-state index contributed by atoms with van der Waals surface area (Å²) in [6, 6.07) is 13.5. The molecule has 1 atom stereocenters. The molecule has 1 aliphatic rings. The zero-order chi connectivity index (χ0) is 12.4. The second-order valence-corrected chi connectivity index (χ2v) is 4.39. The highest BCUT2D eigenvalue weighted by molar-refractivity contribution is 5.87. The van der Waals surface area contributed by atoms with Gasteiger partial charge in [-0.1, -0.05) is 30.3 Å². The summed E-state index contributed by atoms with van der Waals surface area (Å²) in [6.45, 7) is 0. The third-order valence-electron chi connectivity index (χ3n) is 3.15. The molecule has 1 heterocycles. The minimum atomic E-state index is -0.408. The predicted molar refractivity (Wildman–Crippen MR) is 67.5 cm³/mol. The first kappa shape index (κ1) is 11.0. The molecule has 0 fully saturated rings. The van der Waals surface area contributed by atoms with Crippen LogP contribution in [0.4, 0.5) is 0 Å². The minimum Gasteiger partial charge on any atom is -0.466 e. The quantitative estimate of drug-likeness (QED) is 0.806. The topological polar surface area (TPSA) is 39.2 Å². The Hall–Kier alpha value is -2.16. The maximum atomic E-state index is 12.0. The Morgan fingerprint density at radius 1 is 1.06 bits per heavy atom. The van der Waals surface area contributed by atoms with E-state index in [4.69, 9.17) is 4.74 Å². The van der Waals surface area contributed by atoms with E-state index in [1.54, 1.807) is 12.3 Å². The molecule has 2 aromatic rings. The van der Waals surface area contributed by atoms with Crippen LogP contribution in [0.1, 0.15) is 11.1 Å². The Morgan fingerprint density at radius 3 is 2.61 bits per heavy atom. The molecule has 0 radical (unpaired) electrons. The summed E-state index contributed by atoms with van der Waals surface area (Å²) in [5.74, 6) is 0.634. The van der Waals surface area contributed by atoms with Crippen molar-refractivity contribution >= 4 is 5.78 Å². The third kappa shape index (κ3) is 2.12. The van der Waals surface area contributed by atoms with Gasteiger partial charge in [0, 0.05) is 25.1 Å². The third-order valence-corrected chi connectivity index (χ3v) is 3.15. The van der Waals surface area contributed by atoms with Crippen LogP contribution in [0.3, 0.4) is 0 Å². The summed E-state index contributed by atoms with van der Waals surface area (Å²) in [5.41, 5.74) is 2.31. The smallest absolute Gasteiger partial charge is 0.213 e. The van der Waals surface area contributed by atoms with Crippen LogP contribution in [0.15, 0.2) is 48.7 Å². The number of nitrogens with zero attached hydrogens (tertiary/aromatic N) is 1. The number of hydrogen-bond acceptors (Lipinski definition) is 3. The van der Waals surface area contributed by atoms with Crippen molar-refractivity contribution in [2.75, 3.05) is 0 Å². The molecule has 1 aromatic heterocycles. The number of carbonyl (C=O) groups excluding carboxylic acids is 1. The zero-order valence-corrected chi connectivity index (χ0v) is 9.87. The maximum absolute atomic E-state index is 12.0. The molecule has 0 saturated carbocycles. The Morgan fingerprint density at radius 2 is 1.83 bits per heavy atom. The van der Waals surface area contributed by atoms with E-state index in [0.29, 0.717) is 18.7 Å². The first-order chi connectivity index (χ1) is 8.83. The van der Waals surface area contributed by atoms with E-state index in [2.05, 4.69) is 11.1 Å². The first-order valence-corrected chi connectivity index (χ1v) is 6.00. The van der Waals surface area contributed by atoms with E-state index in [-0.39, 0.29) is 5.78 Å². The number of Topliss-reactive ketones (excluding diaryl/α,β-unsaturated/α-hetero) is 1. The van der Waals surface area contributed by atoms with E-state index in [1.165, 1.54) is 5.56 Å². The molecule has 90 valence electrons. The van der Waals surface area contributed by atoms with Gasteiger partial charge in [0.05, 0.1) is 0 Å². The monoisotopic (exact) mass is 239 g/mol. The van der Waals surface area contributed by atoms with Crippen molar-refractivity contribution in [3.05, 3.63) is 59.8 Å². The van der Waals surface area contributed by atoms with Gasteiger partial charge in [0.1, 0.15) is 0 Å². The number of carbonyl (C=O) groups is 1. The normalized spacial score (nSPS) is 18.2. The minimum absolute atomic E-state index is 0.124. The van der Waals surface area contributed by atoms with Crippen molar-refractivity contribution in [1.29, 1.82) is 0 Å². The SMILES string of the molecule is O=C1Cc2ccccc2CC1Oc1ccccn1. The van der Waals surface area contributed by atoms with Crippen molar-refractivity contribution < 1.29 is 9.53 Å². The fraction of sp³-hybridized carbons (Fsp3) is 0.200. The molecule has 18 heavy (non-hydrogen) atoms. The molecule has 3 heteroatoms. The van der Waals surface area contributed by atoms with Crippen LogP contribution >= 0.6 is 0 Å². The lowest BCUT2D eigenvalue weighted by molar-refractivity contribution is -0.125. The van der Waals surface area contributed by atoms with Gasteiger partial charge in [-0.3, -0.25) is 4.79 Å². The van der Waals surface area contributed by atoms with Gasteiger partial charge in [-0.15, -0.1) is 0 Å². The molecule has 1 unspecified atom stereocenters. The Balaban J connectivity index is 1.81. The van der Waals surface area contributed by atoms with Gasteiger partial charge in [-0.05, 0) is 17.2 Å². The maximum Gasteiger partial charge on any atom is 0.213 e. The van der Waals surface area contributed by atoms with Crippen molar-refractivity contribution in [2.24, 2.45) is 0 Å². The molecule has 3 rings (SSSR count). The molecule has 0 saturated heterocycles. The number of fused-ring (bicyclic) bond motifs is 1. The first-order valence-electron chi connectivity index (χ1n) is 6.00. The Kier molecular flexibility index (Phi) is 2.81. The molecular weight excluding hydrogens is 226 g/mol. The van der Waals surface area contributed by atoms with Gasteiger partial charge in [0.15, 0.2) is 11.9 Å². The second kappa shape index (κ2) is 4.61. The van der Waals surface area contributed by atoms with Crippen molar-refractivity contribution in [2.45, 2.75) is 18.9 Å². The van der Waals surface area contributed by atoms with Crippen LogP contribution in [0, 0.1) is 0 Å². The molecule has 0 bridgehead atoms. The number of ketones is 1. The van der Waals surface area contributed by atoms with Gasteiger partial charge in [0.25, 0.3) is 0 Å². The number of pyridine rings is 1. The van der Waals surface area contributed by atoms with Gasteiger partial charge in [0.2, 0.25) is 5.88 Å². The summed E-state index contributed by atoms with van der Waals surface area (Å²) >= 11 is 0. The number of aromatic nitrogens is 1. The average Bonchev–Trinajstić information content (AvgIpc) is 2.41. The Bertz CT molecular complexity index is 566. The van der Waals surface area contributed by atoms with Crippen molar-refractivity contribution in [3.63, 3.8) is 0 Å². The van der Waals surface area contributed by atoms with Gasteiger partial charge in [-0.25, -0.2) is 4.98 Å². The molecular formula is C15H13NO2. The van der Waals surface area contributed by atoms with Gasteiger partial charge < -0.3 is 4.74 Å². The average molecular weight is 239 g/mol. The summed E-state index contributed by atoms with van der Waals surface area (Å²) in [7, 11) is 0. The standard InChI is InChI=1S/C15H13NO2/c17-13-9-11-5-1-2-6-12(11)10-14(13)18-15-7-3-4-8-16-15/h1-8,14H,9-10H2. The van der Waals surface area contributed by atoms with E-state index >= 15 is 0 Å². The van der Waals surface area contributed by atoms with Crippen LogP contribution in [-0.4, -0.2) is 16.9 Å². The van der Waals surface area contributed by atoms with Crippen LogP contribution in [0.2, 0.25) is 0 Å². The molecule has 1 aromatic carbocycles. The van der Waals surface area contributed by atoms with Crippen LogP contribution in [0.5, 0.6) is 5.88 Å². The highest BCUT2D eigenvalue weighted by atomic mass is 16.5. The Labute approximate surface area is 105 Å². The van der Waals surface area contributed by atoms with Crippen molar-refractivity contribution in [1.82, 2.24) is 4.98 Å². The van der Waals surface area contributed by atoms with E-state index < -0.39 is 6.10 Å². The lowest BCUT2D eigenvalue weighted by atomic mass is 9.89. The fourth-order valence-corrected chi connectivity index (χ4v) is 2.21. The number of hydrogen-bond donors (Lipinski definition) is 0. The van der Waals surface area contributed by atoms with Crippen LogP contribution in [0.25, 0.3) is 0 Å².